The summed E-state index contributed by atoms with van der Waals surface area (Å²) in [5.41, 5.74) is 5.63. The number of aryl methyl sites for hydroxylation is 4. The largest absolute Gasteiger partial charge is 0.348 e. The number of amides is 1. The molecule has 5 nitrogen and oxygen atoms in total. The molecule has 0 aliphatic carbocycles. The van der Waals surface area contributed by atoms with Crippen molar-refractivity contribution in [2.45, 2.75) is 45.6 Å². The summed E-state index contributed by atoms with van der Waals surface area (Å²) < 4.78 is 28.2. The second-order valence-electron chi connectivity index (χ2n) is 8.33. The summed E-state index contributed by atoms with van der Waals surface area (Å²) in [5, 5.41) is 3.41. The molecule has 33 heavy (non-hydrogen) atoms. The zero-order valence-corrected chi connectivity index (χ0v) is 21.1. The lowest BCUT2D eigenvalue weighted by molar-refractivity contribution is -0.120. The van der Waals surface area contributed by atoms with Crippen molar-refractivity contribution in [1.82, 2.24) is 5.32 Å². The van der Waals surface area contributed by atoms with E-state index in [1.807, 2.05) is 39.8 Å². The van der Waals surface area contributed by atoms with Gasteiger partial charge in [-0.05, 0) is 92.8 Å². The number of anilines is 1. The molecule has 1 N–H and O–H groups in total. The predicted molar refractivity (Wildman–Crippen MR) is 134 cm³/mol. The maximum absolute atomic E-state index is 13.5. The lowest BCUT2D eigenvalue weighted by Crippen LogP contribution is -2.42. The molecule has 0 saturated carbocycles. The quantitative estimate of drug-likeness (QED) is 0.471. The first kappa shape index (κ1) is 24.8. The molecule has 1 unspecified atom stereocenters. The molecule has 0 radical (unpaired) electrons. The van der Waals surface area contributed by atoms with Crippen molar-refractivity contribution in [2.24, 2.45) is 0 Å². The van der Waals surface area contributed by atoms with Crippen LogP contribution in [0.25, 0.3) is 0 Å². The fraction of sp³-hybridized carbons (Fsp3) is 0.269. The first-order chi connectivity index (χ1) is 15.5. The molecule has 7 heteroatoms. The molecule has 1 amide bonds. The van der Waals surface area contributed by atoms with Gasteiger partial charge in [0.15, 0.2) is 0 Å². The molecule has 0 bridgehead atoms. The number of benzene rings is 3. The van der Waals surface area contributed by atoms with Crippen LogP contribution in [-0.4, -0.2) is 20.9 Å². The van der Waals surface area contributed by atoms with E-state index in [1.54, 1.807) is 12.1 Å². The number of sulfonamides is 1. The number of hydrogen-bond donors (Lipinski definition) is 1. The number of halogens is 1. The molecule has 3 aromatic carbocycles. The number of para-hydroxylation sites is 1. The second-order valence-corrected chi connectivity index (χ2v) is 10.6. The van der Waals surface area contributed by atoms with Gasteiger partial charge in [0.1, 0.15) is 6.54 Å². The van der Waals surface area contributed by atoms with Crippen LogP contribution in [0.15, 0.2) is 65.6 Å². The van der Waals surface area contributed by atoms with Gasteiger partial charge in [-0.25, -0.2) is 8.42 Å². The Morgan fingerprint density at radius 2 is 1.52 bits per heavy atom. The first-order valence-electron chi connectivity index (χ1n) is 10.7. The number of rotatable bonds is 7. The zero-order valence-electron chi connectivity index (χ0n) is 19.5. The Kier molecular flexibility index (Phi) is 7.50. The van der Waals surface area contributed by atoms with Crippen molar-refractivity contribution in [2.75, 3.05) is 10.8 Å². The summed E-state index contributed by atoms with van der Waals surface area (Å²) in [5.74, 6) is -0.388. The molecule has 3 aromatic rings. The molecular weight excluding hydrogens is 456 g/mol. The van der Waals surface area contributed by atoms with Crippen LogP contribution in [0.3, 0.4) is 0 Å². The predicted octanol–water partition coefficient (Wildman–Crippen LogP) is 5.65. The van der Waals surface area contributed by atoms with Gasteiger partial charge in [-0.3, -0.25) is 9.10 Å². The second kappa shape index (κ2) is 9.98. The average Bonchev–Trinajstić information content (AvgIpc) is 2.75. The highest BCUT2D eigenvalue weighted by atomic mass is 35.5. The Morgan fingerprint density at radius 3 is 2.15 bits per heavy atom. The molecule has 0 aromatic heterocycles. The van der Waals surface area contributed by atoms with Gasteiger partial charge in [0.2, 0.25) is 5.91 Å². The van der Waals surface area contributed by atoms with Gasteiger partial charge in [-0.1, -0.05) is 41.9 Å². The van der Waals surface area contributed by atoms with E-state index in [1.165, 1.54) is 29.8 Å². The molecule has 0 saturated heterocycles. The Bertz CT molecular complexity index is 1270. The van der Waals surface area contributed by atoms with Gasteiger partial charge in [0, 0.05) is 5.02 Å². The van der Waals surface area contributed by atoms with Crippen LogP contribution in [-0.2, 0) is 14.8 Å². The number of nitrogens with one attached hydrogen (secondary N) is 1. The third-order valence-corrected chi connectivity index (χ3v) is 7.83. The van der Waals surface area contributed by atoms with E-state index in [0.717, 1.165) is 26.6 Å². The maximum Gasteiger partial charge on any atom is 0.264 e. The summed E-state index contributed by atoms with van der Waals surface area (Å²) in [4.78, 5) is 13.1. The van der Waals surface area contributed by atoms with Crippen LogP contribution >= 0.6 is 11.6 Å². The van der Waals surface area contributed by atoms with Crippen molar-refractivity contribution >= 4 is 33.2 Å². The molecule has 3 rings (SSSR count). The fourth-order valence-corrected chi connectivity index (χ4v) is 5.43. The van der Waals surface area contributed by atoms with Gasteiger partial charge in [-0.15, -0.1) is 0 Å². The van der Waals surface area contributed by atoms with E-state index in [2.05, 4.69) is 24.4 Å². The van der Waals surface area contributed by atoms with Crippen LogP contribution in [0.1, 0.15) is 40.8 Å². The SMILES string of the molecule is Cc1cc(C)c(C(C)NC(=O)CN(c2ccccc2C)S(=O)(=O)c2ccc(Cl)cc2)cc1C. The van der Waals surface area contributed by atoms with Gasteiger partial charge >= 0.3 is 0 Å². The summed E-state index contributed by atoms with van der Waals surface area (Å²) >= 11 is 5.94. The van der Waals surface area contributed by atoms with Crippen LogP contribution in [0.4, 0.5) is 5.69 Å². The molecule has 0 fully saturated rings. The minimum Gasteiger partial charge on any atom is -0.348 e. The van der Waals surface area contributed by atoms with Crippen LogP contribution < -0.4 is 9.62 Å². The first-order valence-corrected chi connectivity index (χ1v) is 12.5. The van der Waals surface area contributed by atoms with E-state index >= 15 is 0 Å². The smallest absolute Gasteiger partial charge is 0.264 e. The van der Waals surface area contributed by atoms with Crippen molar-refractivity contribution < 1.29 is 13.2 Å². The van der Waals surface area contributed by atoms with Gasteiger partial charge < -0.3 is 5.32 Å². The standard InChI is InChI=1S/C26H29ClN2O3S/c1-17-8-6-7-9-25(17)29(33(31,32)23-12-10-22(27)11-13-23)16-26(30)28-21(5)24-15-19(3)18(2)14-20(24)4/h6-15,21H,16H2,1-5H3,(H,28,30). The topological polar surface area (TPSA) is 66.5 Å². The number of carbonyl (C=O) groups excluding carboxylic acids is 1. The highest BCUT2D eigenvalue weighted by Gasteiger charge is 2.28. The van der Waals surface area contributed by atoms with E-state index in [9.17, 15) is 13.2 Å². The number of carbonyl (C=O) groups is 1. The lowest BCUT2D eigenvalue weighted by atomic mass is 9.96. The lowest BCUT2D eigenvalue weighted by Gasteiger charge is -2.27. The van der Waals surface area contributed by atoms with Gasteiger partial charge in [-0.2, -0.15) is 0 Å². The number of nitrogens with zero attached hydrogens (tertiary/aromatic N) is 1. The Labute approximate surface area is 201 Å². The molecule has 0 spiro atoms. The van der Waals surface area contributed by atoms with E-state index < -0.39 is 10.0 Å². The van der Waals surface area contributed by atoms with E-state index in [0.29, 0.717) is 10.7 Å². The van der Waals surface area contributed by atoms with Crippen LogP contribution in [0, 0.1) is 27.7 Å². The Hall–Kier alpha value is -2.83. The maximum atomic E-state index is 13.5. The van der Waals surface area contributed by atoms with E-state index in [4.69, 9.17) is 11.6 Å². The summed E-state index contributed by atoms with van der Waals surface area (Å²) in [6, 6.07) is 16.9. The molecule has 174 valence electrons. The fourth-order valence-electron chi connectivity index (χ4n) is 3.82. The van der Waals surface area contributed by atoms with Crippen molar-refractivity contribution in [3.8, 4) is 0 Å². The highest BCUT2D eigenvalue weighted by Crippen LogP contribution is 2.28. The normalized spacial score (nSPS) is 12.3. The van der Waals surface area contributed by atoms with Crippen molar-refractivity contribution in [1.29, 1.82) is 0 Å². The van der Waals surface area contributed by atoms with Gasteiger partial charge in [0.05, 0.1) is 16.6 Å². The zero-order chi connectivity index (χ0) is 24.3. The molecule has 0 aliphatic heterocycles. The molecule has 0 aliphatic rings. The Balaban J connectivity index is 1.92. The molecule has 1 atom stereocenters. The molecule has 0 heterocycles. The van der Waals surface area contributed by atoms with Crippen molar-refractivity contribution in [3.05, 3.63) is 93.5 Å². The number of hydrogen-bond acceptors (Lipinski definition) is 3. The summed E-state index contributed by atoms with van der Waals surface area (Å²) in [6.45, 7) is 9.47. The third kappa shape index (κ3) is 5.57. The third-order valence-electron chi connectivity index (χ3n) is 5.80. The average molecular weight is 485 g/mol. The van der Waals surface area contributed by atoms with Gasteiger partial charge in [0.25, 0.3) is 10.0 Å². The van der Waals surface area contributed by atoms with Crippen molar-refractivity contribution in [3.63, 3.8) is 0 Å². The Morgan fingerprint density at radius 1 is 0.909 bits per heavy atom. The van der Waals surface area contributed by atoms with E-state index in [-0.39, 0.29) is 23.4 Å². The van der Waals surface area contributed by atoms with Crippen LogP contribution in [0.2, 0.25) is 5.02 Å². The highest BCUT2D eigenvalue weighted by molar-refractivity contribution is 7.92. The van der Waals surface area contributed by atoms with Crippen LogP contribution in [0.5, 0.6) is 0 Å². The monoisotopic (exact) mass is 484 g/mol. The minimum absolute atomic E-state index is 0.0704. The minimum atomic E-state index is -4.00. The summed E-state index contributed by atoms with van der Waals surface area (Å²) in [6.07, 6.45) is 0. The summed E-state index contributed by atoms with van der Waals surface area (Å²) in [7, 11) is -4.00. The molecular formula is C26H29ClN2O3S.